The van der Waals surface area contributed by atoms with Crippen molar-refractivity contribution < 1.29 is 18.7 Å². The van der Waals surface area contributed by atoms with Crippen LogP contribution < -0.4 is 0 Å². The molecule has 0 saturated carbocycles. The zero-order valence-electron chi connectivity index (χ0n) is 18.3. The Morgan fingerprint density at radius 2 is 1.68 bits per heavy atom. The molecular formula is C25H27FN2O3. The molecule has 0 atom stereocenters. The number of aryl methyl sites for hydroxylation is 2. The van der Waals surface area contributed by atoms with Gasteiger partial charge in [-0.25, -0.2) is 9.18 Å². The van der Waals surface area contributed by atoms with E-state index in [1.807, 2.05) is 45.0 Å². The van der Waals surface area contributed by atoms with E-state index < -0.39 is 17.7 Å². The van der Waals surface area contributed by atoms with Gasteiger partial charge < -0.3 is 14.6 Å². The molecule has 6 heteroatoms. The van der Waals surface area contributed by atoms with Crippen molar-refractivity contribution in [2.45, 2.75) is 40.8 Å². The molecule has 162 valence electrons. The van der Waals surface area contributed by atoms with Gasteiger partial charge in [-0.1, -0.05) is 42.0 Å². The Balaban J connectivity index is 1.97. The van der Waals surface area contributed by atoms with Crippen LogP contribution in [0.4, 0.5) is 4.39 Å². The van der Waals surface area contributed by atoms with E-state index in [2.05, 4.69) is 4.98 Å². The summed E-state index contributed by atoms with van der Waals surface area (Å²) in [5.74, 6) is -1.40. The third kappa shape index (κ3) is 5.02. The molecule has 2 aromatic carbocycles. The Labute approximate surface area is 181 Å². The number of H-pyrrole nitrogens is 1. The molecule has 0 bridgehead atoms. The van der Waals surface area contributed by atoms with Gasteiger partial charge in [-0.15, -0.1) is 0 Å². The van der Waals surface area contributed by atoms with Crippen LogP contribution in [0.1, 0.15) is 55.7 Å². The molecule has 1 N–H and O–H groups in total. The van der Waals surface area contributed by atoms with Gasteiger partial charge in [0, 0.05) is 18.8 Å². The van der Waals surface area contributed by atoms with Crippen LogP contribution in [0.3, 0.4) is 0 Å². The number of ether oxygens (including phenoxy) is 1. The summed E-state index contributed by atoms with van der Waals surface area (Å²) in [4.78, 5) is 30.2. The Bertz CT molecular complexity index is 1090. The fourth-order valence-electron chi connectivity index (χ4n) is 3.54. The Hall–Kier alpha value is -3.41. The van der Waals surface area contributed by atoms with E-state index in [-0.39, 0.29) is 18.7 Å². The lowest BCUT2D eigenvalue weighted by molar-refractivity contribution is 0.0519. The second-order valence-corrected chi connectivity index (χ2v) is 7.58. The molecular weight excluding hydrogens is 395 g/mol. The molecule has 1 aromatic heterocycles. The molecule has 1 heterocycles. The largest absolute Gasteiger partial charge is 0.461 e. The molecule has 1 amide bonds. The van der Waals surface area contributed by atoms with E-state index >= 15 is 0 Å². The highest BCUT2D eigenvalue weighted by Crippen LogP contribution is 2.23. The maximum absolute atomic E-state index is 14.4. The van der Waals surface area contributed by atoms with Crippen molar-refractivity contribution in [3.63, 3.8) is 0 Å². The molecule has 5 nitrogen and oxygen atoms in total. The van der Waals surface area contributed by atoms with Crippen molar-refractivity contribution in [1.29, 1.82) is 0 Å². The second-order valence-electron chi connectivity index (χ2n) is 7.58. The average molecular weight is 423 g/mol. The normalized spacial score (nSPS) is 10.7. The molecule has 31 heavy (non-hydrogen) atoms. The minimum absolute atomic E-state index is 0.0195. The summed E-state index contributed by atoms with van der Waals surface area (Å²) in [7, 11) is 0. The lowest BCUT2D eigenvalue weighted by Crippen LogP contribution is -2.31. The first-order valence-electron chi connectivity index (χ1n) is 10.3. The Kier molecular flexibility index (Phi) is 6.90. The number of aromatic nitrogens is 1. The monoisotopic (exact) mass is 422 g/mol. The smallest absolute Gasteiger partial charge is 0.355 e. The lowest BCUT2D eigenvalue weighted by atomic mass is 10.1. The van der Waals surface area contributed by atoms with Gasteiger partial charge in [0.1, 0.15) is 11.5 Å². The minimum atomic E-state index is -0.559. The number of esters is 1. The van der Waals surface area contributed by atoms with Crippen LogP contribution in [-0.2, 0) is 17.8 Å². The molecule has 0 aliphatic rings. The topological polar surface area (TPSA) is 62.4 Å². The molecule has 0 aliphatic carbocycles. The average Bonchev–Trinajstić information content (AvgIpc) is 3.03. The number of benzene rings is 2. The number of carbonyl (C=O) groups excluding carboxylic acids is 2. The number of hydrogen-bond acceptors (Lipinski definition) is 3. The third-order valence-corrected chi connectivity index (χ3v) is 5.31. The first-order valence-corrected chi connectivity index (χ1v) is 10.3. The van der Waals surface area contributed by atoms with Gasteiger partial charge in [-0.3, -0.25) is 4.79 Å². The van der Waals surface area contributed by atoms with Gasteiger partial charge >= 0.3 is 5.97 Å². The predicted octanol–water partition coefficient (Wildman–Crippen LogP) is 5.10. The quantitative estimate of drug-likeness (QED) is 0.539. The van der Waals surface area contributed by atoms with Crippen molar-refractivity contribution in [2.75, 3.05) is 6.61 Å². The lowest BCUT2D eigenvalue weighted by Gasteiger charge is -2.24. The molecule has 0 spiro atoms. The van der Waals surface area contributed by atoms with Gasteiger partial charge in [0.25, 0.3) is 5.91 Å². The highest BCUT2D eigenvalue weighted by Gasteiger charge is 2.24. The number of rotatable bonds is 7. The predicted molar refractivity (Wildman–Crippen MR) is 117 cm³/mol. The van der Waals surface area contributed by atoms with Crippen LogP contribution >= 0.6 is 0 Å². The molecule has 0 unspecified atom stereocenters. The Morgan fingerprint density at radius 1 is 1.00 bits per heavy atom. The van der Waals surface area contributed by atoms with Gasteiger partial charge in [-0.05, 0) is 56.5 Å². The van der Waals surface area contributed by atoms with Crippen molar-refractivity contribution in [3.05, 3.63) is 93.6 Å². The molecule has 3 rings (SSSR count). The van der Waals surface area contributed by atoms with E-state index in [0.29, 0.717) is 12.2 Å². The van der Waals surface area contributed by atoms with Gasteiger partial charge in [0.05, 0.1) is 12.2 Å². The van der Waals surface area contributed by atoms with Crippen molar-refractivity contribution in [2.24, 2.45) is 0 Å². The van der Waals surface area contributed by atoms with Crippen molar-refractivity contribution in [3.8, 4) is 0 Å². The molecule has 0 saturated heterocycles. The SMILES string of the molecule is CCOC(=O)c1[nH]c(C)c(CN(Cc2ccc(C)cc2)C(=O)c2ccccc2F)c1C. The summed E-state index contributed by atoms with van der Waals surface area (Å²) in [6, 6.07) is 13.8. The van der Waals surface area contributed by atoms with Gasteiger partial charge in [0.15, 0.2) is 0 Å². The van der Waals surface area contributed by atoms with E-state index in [1.165, 1.54) is 12.1 Å². The number of hydrogen-bond donors (Lipinski definition) is 1. The van der Waals surface area contributed by atoms with Crippen LogP contribution in [0.25, 0.3) is 0 Å². The van der Waals surface area contributed by atoms with Crippen molar-refractivity contribution in [1.82, 2.24) is 9.88 Å². The molecule has 3 aromatic rings. The fourth-order valence-corrected chi connectivity index (χ4v) is 3.54. The highest BCUT2D eigenvalue weighted by atomic mass is 19.1. The maximum atomic E-state index is 14.4. The number of halogens is 1. The number of nitrogens with zero attached hydrogens (tertiary/aromatic N) is 1. The first kappa shape index (κ1) is 22.3. The molecule has 0 radical (unpaired) electrons. The Morgan fingerprint density at radius 3 is 2.32 bits per heavy atom. The van der Waals surface area contributed by atoms with Crippen molar-refractivity contribution >= 4 is 11.9 Å². The maximum Gasteiger partial charge on any atom is 0.355 e. The first-order chi connectivity index (χ1) is 14.8. The minimum Gasteiger partial charge on any atom is -0.461 e. The third-order valence-electron chi connectivity index (χ3n) is 5.31. The van der Waals surface area contributed by atoms with Crippen LogP contribution in [0.15, 0.2) is 48.5 Å². The molecule has 0 aliphatic heterocycles. The summed E-state index contributed by atoms with van der Waals surface area (Å²) >= 11 is 0. The van der Waals surface area contributed by atoms with Crippen LogP contribution in [0.2, 0.25) is 0 Å². The van der Waals surface area contributed by atoms with Crippen LogP contribution in [0.5, 0.6) is 0 Å². The van der Waals surface area contributed by atoms with E-state index in [1.54, 1.807) is 24.0 Å². The van der Waals surface area contributed by atoms with Gasteiger partial charge in [-0.2, -0.15) is 0 Å². The van der Waals surface area contributed by atoms with Crippen LogP contribution in [-0.4, -0.2) is 28.4 Å². The van der Waals surface area contributed by atoms with E-state index in [4.69, 9.17) is 4.74 Å². The fraction of sp³-hybridized carbons (Fsp3) is 0.280. The standard InChI is InChI=1S/C25H27FN2O3/c1-5-31-25(30)23-17(3)21(18(4)27-23)15-28(14-19-12-10-16(2)11-13-19)24(29)20-8-6-7-9-22(20)26/h6-13,27H,5,14-15H2,1-4H3. The van der Waals surface area contributed by atoms with Gasteiger partial charge in [0.2, 0.25) is 0 Å². The van der Waals surface area contributed by atoms with Crippen LogP contribution in [0, 0.1) is 26.6 Å². The highest BCUT2D eigenvalue weighted by molar-refractivity contribution is 5.94. The summed E-state index contributed by atoms with van der Waals surface area (Å²) in [6.45, 7) is 8.24. The van der Waals surface area contributed by atoms with E-state index in [9.17, 15) is 14.0 Å². The number of carbonyl (C=O) groups is 2. The number of nitrogens with one attached hydrogen (secondary N) is 1. The zero-order valence-corrected chi connectivity index (χ0v) is 18.3. The molecule has 0 fully saturated rings. The number of aromatic amines is 1. The summed E-state index contributed by atoms with van der Waals surface area (Å²) in [5.41, 5.74) is 4.77. The summed E-state index contributed by atoms with van der Waals surface area (Å²) < 4.78 is 19.5. The van der Waals surface area contributed by atoms with E-state index in [0.717, 1.165) is 27.9 Å². The summed E-state index contributed by atoms with van der Waals surface area (Å²) in [6.07, 6.45) is 0. The zero-order chi connectivity index (χ0) is 22.5. The second kappa shape index (κ2) is 9.60. The number of amides is 1. The summed E-state index contributed by atoms with van der Waals surface area (Å²) in [5, 5.41) is 0.